The number of hydrogen-bond donors (Lipinski definition) is 2. The van der Waals surface area contributed by atoms with Crippen molar-refractivity contribution in [3.05, 3.63) is 12.2 Å². The minimum atomic E-state index is -0.128. The van der Waals surface area contributed by atoms with E-state index < -0.39 is 0 Å². The quantitative estimate of drug-likeness (QED) is 0.708. The third-order valence-electron chi connectivity index (χ3n) is 4.62. The average Bonchev–Trinajstić information content (AvgIpc) is 2.28. The minimum Gasteiger partial charge on any atom is -0.393 e. The molecule has 112 valence electrons. The lowest BCUT2D eigenvalue weighted by Gasteiger charge is -2.31. The van der Waals surface area contributed by atoms with Gasteiger partial charge in [0.15, 0.2) is 0 Å². The molecule has 0 aliphatic heterocycles. The van der Waals surface area contributed by atoms with Gasteiger partial charge in [-0.3, -0.25) is 0 Å². The molecule has 2 heteroatoms. The maximum absolute atomic E-state index is 9.65. The molecule has 0 unspecified atom stereocenters. The molecule has 2 fully saturated rings. The zero-order valence-corrected chi connectivity index (χ0v) is 12.9. The van der Waals surface area contributed by atoms with Crippen LogP contribution in [-0.4, -0.2) is 22.4 Å². The van der Waals surface area contributed by atoms with E-state index >= 15 is 0 Å². The van der Waals surface area contributed by atoms with E-state index in [2.05, 4.69) is 20.4 Å². The van der Waals surface area contributed by atoms with E-state index in [9.17, 15) is 5.11 Å². The highest BCUT2D eigenvalue weighted by Gasteiger charge is 2.26. The van der Waals surface area contributed by atoms with Gasteiger partial charge in [0.2, 0.25) is 0 Å². The van der Waals surface area contributed by atoms with E-state index in [1.165, 1.54) is 19.3 Å². The summed E-state index contributed by atoms with van der Waals surface area (Å²) in [4.78, 5) is 0. The van der Waals surface area contributed by atoms with Crippen molar-refractivity contribution in [2.45, 2.75) is 77.9 Å². The Labute approximate surface area is 118 Å². The predicted molar refractivity (Wildman–Crippen MR) is 81.0 cm³/mol. The smallest absolute Gasteiger partial charge is 0.0607 e. The molecule has 0 saturated heterocycles. The Kier molecular flexibility index (Phi) is 7.09. The molecular formula is C17H32O2. The van der Waals surface area contributed by atoms with Gasteiger partial charge in [-0.1, -0.05) is 38.8 Å². The van der Waals surface area contributed by atoms with Gasteiger partial charge < -0.3 is 10.2 Å². The lowest BCUT2D eigenvalue weighted by atomic mass is 9.78. The highest BCUT2D eigenvalue weighted by atomic mass is 16.3. The number of hydrogen-bond acceptors (Lipinski definition) is 2. The van der Waals surface area contributed by atoms with Gasteiger partial charge in [0, 0.05) is 5.92 Å². The monoisotopic (exact) mass is 268 g/mol. The predicted octanol–water partition coefficient (Wildman–Crippen LogP) is 3.92. The lowest BCUT2D eigenvalue weighted by Crippen LogP contribution is -2.28. The van der Waals surface area contributed by atoms with E-state index in [4.69, 9.17) is 5.11 Å². The van der Waals surface area contributed by atoms with Crippen molar-refractivity contribution >= 4 is 0 Å². The largest absolute Gasteiger partial charge is 0.393 e. The second kappa shape index (κ2) is 8.06. The highest BCUT2D eigenvalue weighted by Crippen LogP contribution is 2.32. The SMILES string of the molecule is C=C(C)[C@@H]1CC[C@@H](C)C[C@H]1O.C[C@@H]1CCC[C@H](O)C1. The summed E-state index contributed by atoms with van der Waals surface area (Å²) in [6, 6.07) is 0. The van der Waals surface area contributed by atoms with Crippen LogP contribution in [0.25, 0.3) is 0 Å². The van der Waals surface area contributed by atoms with Crippen LogP contribution in [0.3, 0.4) is 0 Å². The summed E-state index contributed by atoms with van der Waals surface area (Å²) in [6.45, 7) is 10.3. The average molecular weight is 268 g/mol. The molecule has 2 aliphatic carbocycles. The second-order valence-electron chi connectivity index (χ2n) is 6.86. The summed E-state index contributed by atoms with van der Waals surface area (Å²) < 4.78 is 0. The fourth-order valence-electron chi connectivity index (χ4n) is 3.33. The van der Waals surface area contributed by atoms with Crippen LogP contribution in [0.5, 0.6) is 0 Å². The molecule has 0 amide bonds. The summed E-state index contributed by atoms with van der Waals surface area (Å²) in [5.41, 5.74) is 1.14. The molecule has 2 rings (SSSR count). The van der Waals surface area contributed by atoms with Gasteiger partial charge in [0.05, 0.1) is 12.2 Å². The van der Waals surface area contributed by atoms with Crippen molar-refractivity contribution in [2.75, 3.05) is 0 Å². The molecule has 2 nitrogen and oxygen atoms in total. The van der Waals surface area contributed by atoms with Crippen molar-refractivity contribution in [1.82, 2.24) is 0 Å². The molecule has 2 N–H and O–H groups in total. The molecule has 19 heavy (non-hydrogen) atoms. The Bertz CT molecular complexity index is 266. The Hall–Kier alpha value is -0.340. The normalized spacial score (nSPS) is 39.1. The highest BCUT2D eigenvalue weighted by molar-refractivity contribution is 5.01. The fourth-order valence-corrected chi connectivity index (χ4v) is 3.33. The fraction of sp³-hybridized carbons (Fsp3) is 0.882. The first kappa shape index (κ1) is 16.7. The molecule has 0 aromatic rings. The Balaban J connectivity index is 0.000000200. The van der Waals surface area contributed by atoms with Crippen LogP contribution < -0.4 is 0 Å². The molecule has 0 heterocycles. The van der Waals surface area contributed by atoms with E-state index in [0.29, 0.717) is 11.8 Å². The minimum absolute atomic E-state index is 0.0127. The van der Waals surface area contributed by atoms with Crippen LogP contribution in [0.15, 0.2) is 12.2 Å². The van der Waals surface area contributed by atoms with Crippen LogP contribution in [0.4, 0.5) is 0 Å². The standard InChI is InChI=1S/C10H18O.C7H14O/c1-7(2)9-5-4-8(3)6-10(9)11;1-6-3-2-4-7(8)5-6/h8-11H,1,4-6H2,2-3H3;6-8H,2-5H2,1H3/t8-,9+,10-;6-,7+/m11/s1. The molecule has 0 spiro atoms. The van der Waals surface area contributed by atoms with Crippen LogP contribution in [0.1, 0.15) is 65.7 Å². The van der Waals surface area contributed by atoms with Gasteiger partial charge in [0.25, 0.3) is 0 Å². The van der Waals surface area contributed by atoms with E-state index in [1.54, 1.807) is 0 Å². The maximum atomic E-state index is 9.65. The van der Waals surface area contributed by atoms with Crippen molar-refractivity contribution in [2.24, 2.45) is 17.8 Å². The number of rotatable bonds is 1. The molecule has 0 aromatic heterocycles. The zero-order chi connectivity index (χ0) is 14.4. The Morgan fingerprint density at radius 1 is 0.947 bits per heavy atom. The Morgan fingerprint density at radius 3 is 2.00 bits per heavy atom. The van der Waals surface area contributed by atoms with Crippen molar-refractivity contribution in [3.8, 4) is 0 Å². The second-order valence-corrected chi connectivity index (χ2v) is 6.86. The van der Waals surface area contributed by atoms with E-state index in [0.717, 1.165) is 37.2 Å². The summed E-state index contributed by atoms with van der Waals surface area (Å²) in [5.74, 6) is 1.82. The van der Waals surface area contributed by atoms with Crippen LogP contribution in [0, 0.1) is 17.8 Å². The number of aliphatic hydroxyl groups is 2. The molecule has 0 radical (unpaired) electrons. The van der Waals surface area contributed by atoms with Gasteiger partial charge in [-0.05, 0) is 50.9 Å². The third kappa shape index (κ3) is 6.09. The van der Waals surface area contributed by atoms with Gasteiger partial charge in [-0.25, -0.2) is 0 Å². The molecule has 5 atom stereocenters. The Morgan fingerprint density at radius 2 is 1.58 bits per heavy atom. The van der Waals surface area contributed by atoms with Gasteiger partial charge in [-0.15, -0.1) is 0 Å². The van der Waals surface area contributed by atoms with Crippen LogP contribution in [-0.2, 0) is 0 Å². The van der Waals surface area contributed by atoms with Gasteiger partial charge in [-0.2, -0.15) is 0 Å². The zero-order valence-electron chi connectivity index (χ0n) is 12.9. The first-order chi connectivity index (χ1) is 8.90. The lowest BCUT2D eigenvalue weighted by molar-refractivity contribution is 0.0656. The summed E-state index contributed by atoms with van der Waals surface area (Å²) in [6.07, 6.45) is 7.81. The molecule has 2 aliphatic rings. The molecular weight excluding hydrogens is 236 g/mol. The van der Waals surface area contributed by atoms with E-state index in [1.807, 2.05) is 6.92 Å². The third-order valence-corrected chi connectivity index (χ3v) is 4.62. The molecule has 0 bridgehead atoms. The molecule has 0 aromatic carbocycles. The number of aliphatic hydroxyl groups excluding tert-OH is 2. The van der Waals surface area contributed by atoms with E-state index in [-0.39, 0.29) is 12.2 Å². The summed E-state index contributed by atoms with van der Waals surface area (Å²) in [7, 11) is 0. The maximum Gasteiger partial charge on any atom is 0.0607 e. The summed E-state index contributed by atoms with van der Waals surface area (Å²) in [5, 5.41) is 18.7. The van der Waals surface area contributed by atoms with Crippen molar-refractivity contribution in [1.29, 1.82) is 0 Å². The van der Waals surface area contributed by atoms with Gasteiger partial charge in [0.1, 0.15) is 0 Å². The van der Waals surface area contributed by atoms with Gasteiger partial charge >= 0.3 is 0 Å². The summed E-state index contributed by atoms with van der Waals surface area (Å²) >= 11 is 0. The molecule has 2 saturated carbocycles. The van der Waals surface area contributed by atoms with Crippen LogP contribution >= 0.6 is 0 Å². The topological polar surface area (TPSA) is 40.5 Å². The first-order valence-corrected chi connectivity index (χ1v) is 7.91. The van der Waals surface area contributed by atoms with Crippen LogP contribution in [0.2, 0.25) is 0 Å². The first-order valence-electron chi connectivity index (χ1n) is 7.91. The van der Waals surface area contributed by atoms with Crippen molar-refractivity contribution < 1.29 is 10.2 Å². The van der Waals surface area contributed by atoms with Crippen molar-refractivity contribution in [3.63, 3.8) is 0 Å².